The molecular weight excluding hydrogens is 272 g/mol. The van der Waals surface area contributed by atoms with E-state index in [1.165, 1.54) is 6.26 Å². The highest BCUT2D eigenvalue weighted by molar-refractivity contribution is 5.95. The first-order valence-corrected chi connectivity index (χ1v) is 6.35. The average Bonchev–Trinajstić information content (AvgIpc) is 3.10. The first-order chi connectivity index (χ1) is 10.1. The molecule has 21 heavy (non-hydrogen) atoms. The molecule has 0 atom stereocenters. The van der Waals surface area contributed by atoms with E-state index < -0.39 is 5.76 Å². The molecule has 2 aromatic heterocycles. The molecule has 0 spiro atoms. The van der Waals surface area contributed by atoms with Gasteiger partial charge in [0.25, 0.3) is 5.89 Å². The number of aromatic nitrogens is 2. The van der Waals surface area contributed by atoms with Crippen molar-refractivity contribution < 1.29 is 13.6 Å². The van der Waals surface area contributed by atoms with Crippen LogP contribution < -0.4 is 5.76 Å². The summed E-state index contributed by atoms with van der Waals surface area (Å²) in [6, 6.07) is 10.4. The highest BCUT2D eigenvalue weighted by atomic mass is 16.4. The van der Waals surface area contributed by atoms with E-state index in [9.17, 15) is 9.59 Å². The number of aryl methyl sites for hydroxylation is 1. The summed E-state index contributed by atoms with van der Waals surface area (Å²) < 4.78 is 11.0. The van der Waals surface area contributed by atoms with Crippen LogP contribution in [0.2, 0.25) is 0 Å². The molecule has 1 aromatic carbocycles. The normalized spacial score (nSPS) is 10.7. The zero-order chi connectivity index (χ0) is 14.8. The van der Waals surface area contributed by atoms with Gasteiger partial charge >= 0.3 is 5.76 Å². The Hall–Kier alpha value is -2.89. The second kappa shape index (κ2) is 5.24. The van der Waals surface area contributed by atoms with Gasteiger partial charge in [-0.1, -0.05) is 29.8 Å². The highest BCUT2D eigenvalue weighted by Gasteiger charge is 2.15. The standard InChI is InChI=1S/C15H12N2O4/c1-10-4-6-11(7-5-10)12(18)9-17-15(19)21-14(16-17)13-3-2-8-20-13/h2-8H,9H2,1H3. The van der Waals surface area contributed by atoms with E-state index in [-0.39, 0.29) is 18.2 Å². The van der Waals surface area contributed by atoms with Gasteiger partial charge in [-0.25, -0.2) is 4.79 Å². The van der Waals surface area contributed by atoms with Crippen LogP contribution in [0, 0.1) is 6.92 Å². The van der Waals surface area contributed by atoms with E-state index in [4.69, 9.17) is 8.83 Å². The number of nitrogens with zero attached hydrogens (tertiary/aromatic N) is 2. The van der Waals surface area contributed by atoms with Gasteiger partial charge in [0.2, 0.25) is 0 Å². The summed E-state index contributed by atoms with van der Waals surface area (Å²) in [5.74, 6) is -0.506. The van der Waals surface area contributed by atoms with Crippen molar-refractivity contribution in [2.24, 2.45) is 0 Å². The minimum atomic E-state index is -0.693. The Bertz CT molecular complexity index is 810. The Morgan fingerprint density at radius 1 is 1.24 bits per heavy atom. The second-order valence-corrected chi connectivity index (χ2v) is 4.60. The minimum Gasteiger partial charge on any atom is -0.459 e. The molecule has 0 radical (unpaired) electrons. The van der Waals surface area contributed by atoms with Crippen molar-refractivity contribution in [2.75, 3.05) is 0 Å². The van der Waals surface area contributed by atoms with Gasteiger partial charge in [0.05, 0.1) is 6.26 Å². The van der Waals surface area contributed by atoms with Crippen LogP contribution >= 0.6 is 0 Å². The lowest BCUT2D eigenvalue weighted by atomic mass is 10.1. The molecule has 0 aliphatic heterocycles. The Balaban J connectivity index is 1.83. The van der Waals surface area contributed by atoms with Crippen molar-refractivity contribution in [3.63, 3.8) is 0 Å². The van der Waals surface area contributed by atoms with Gasteiger partial charge in [-0.05, 0) is 19.1 Å². The summed E-state index contributed by atoms with van der Waals surface area (Å²) in [6.45, 7) is 1.76. The maximum absolute atomic E-state index is 12.1. The molecule has 3 aromatic rings. The van der Waals surface area contributed by atoms with Crippen LogP contribution in [-0.4, -0.2) is 15.6 Å². The monoisotopic (exact) mass is 284 g/mol. The average molecular weight is 284 g/mol. The lowest BCUT2D eigenvalue weighted by Gasteiger charge is -2.00. The molecule has 0 aliphatic rings. The summed E-state index contributed by atoms with van der Waals surface area (Å²) in [5.41, 5.74) is 1.58. The van der Waals surface area contributed by atoms with Crippen LogP contribution in [0.3, 0.4) is 0 Å². The maximum Gasteiger partial charge on any atom is 0.437 e. The number of rotatable bonds is 4. The summed E-state index contributed by atoms with van der Waals surface area (Å²) in [7, 11) is 0. The minimum absolute atomic E-state index is 0.0571. The van der Waals surface area contributed by atoms with Crippen molar-refractivity contribution in [1.82, 2.24) is 9.78 Å². The lowest BCUT2D eigenvalue weighted by Crippen LogP contribution is -2.21. The number of ketones is 1. The smallest absolute Gasteiger partial charge is 0.437 e. The number of benzene rings is 1. The molecule has 2 heterocycles. The lowest BCUT2D eigenvalue weighted by molar-refractivity contribution is 0.0965. The Morgan fingerprint density at radius 3 is 2.67 bits per heavy atom. The van der Waals surface area contributed by atoms with E-state index in [1.807, 2.05) is 19.1 Å². The van der Waals surface area contributed by atoms with Gasteiger partial charge in [0.1, 0.15) is 6.54 Å². The molecule has 0 N–H and O–H groups in total. The van der Waals surface area contributed by atoms with Crippen molar-refractivity contribution in [3.8, 4) is 11.7 Å². The van der Waals surface area contributed by atoms with Gasteiger partial charge < -0.3 is 8.83 Å². The Kier molecular flexibility index (Phi) is 3.27. The van der Waals surface area contributed by atoms with Crippen LogP contribution in [0.1, 0.15) is 15.9 Å². The zero-order valence-electron chi connectivity index (χ0n) is 11.3. The molecule has 0 amide bonds. The number of hydrogen-bond donors (Lipinski definition) is 0. The van der Waals surface area contributed by atoms with E-state index in [0.717, 1.165) is 10.2 Å². The third-order valence-electron chi connectivity index (χ3n) is 3.01. The first kappa shape index (κ1) is 13.1. The molecule has 0 unspecified atom stereocenters. The van der Waals surface area contributed by atoms with E-state index in [0.29, 0.717) is 11.3 Å². The fraction of sp³-hybridized carbons (Fsp3) is 0.133. The molecule has 0 aliphatic carbocycles. The molecule has 106 valence electrons. The molecule has 3 rings (SSSR count). The molecule has 6 heteroatoms. The molecule has 0 fully saturated rings. The van der Waals surface area contributed by atoms with Gasteiger partial charge in [0, 0.05) is 5.56 Å². The van der Waals surface area contributed by atoms with Crippen LogP contribution in [0.25, 0.3) is 11.7 Å². The van der Waals surface area contributed by atoms with Crippen LogP contribution in [-0.2, 0) is 6.54 Å². The molecule has 0 bridgehead atoms. The van der Waals surface area contributed by atoms with Gasteiger partial charge in [-0.3, -0.25) is 4.79 Å². The van der Waals surface area contributed by atoms with Crippen LogP contribution in [0.5, 0.6) is 0 Å². The number of hydrogen-bond acceptors (Lipinski definition) is 5. The predicted molar refractivity (Wildman–Crippen MR) is 74.0 cm³/mol. The Labute approximate surface area is 119 Å². The van der Waals surface area contributed by atoms with E-state index in [1.54, 1.807) is 24.3 Å². The first-order valence-electron chi connectivity index (χ1n) is 6.35. The number of furan rings is 1. The van der Waals surface area contributed by atoms with Gasteiger partial charge in [-0.15, -0.1) is 5.10 Å². The summed E-state index contributed by atoms with van der Waals surface area (Å²) >= 11 is 0. The molecular formula is C15H12N2O4. The number of carbonyl (C=O) groups is 1. The summed E-state index contributed by atoms with van der Waals surface area (Å²) in [4.78, 5) is 23.8. The zero-order valence-corrected chi connectivity index (χ0v) is 11.3. The molecule has 6 nitrogen and oxygen atoms in total. The Morgan fingerprint density at radius 2 is 2.00 bits per heavy atom. The quantitative estimate of drug-likeness (QED) is 0.687. The number of carbonyl (C=O) groups excluding carboxylic acids is 1. The van der Waals surface area contributed by atoms with Crippen molar-refractivity contribution in [3.05, 3.63) is 64.3 Å². The highest BCUT2D eigenvalue weighted by Crippen LogP contribution is 2.15. The van der Waals surface area contributed by atoms with Gasteiger partial charge in [-0.2, -0.15) is 4.68 Å². The largest absolute Gasteiger partial charge is 0.459 e. The fourth-order valence-electron chi connectivity index (χ4n) is 1.87. The molecule has 0 saturated heterocycles. The fourth-order valence-corrected chi connectivity index (χ4v) is 1.87. The predicted octanol–water partition coefficient (Wildman–Crippen LogP) is 2.29. The molecule has 0 saturated carbocycles. The van der Waals surface area contributed by atoms with E-state index in [2.05, 4.69) is 5.10 Å². The maximum atomic E-state index is 12.1. The van der Waals surface area contributed by atoms with Crippen molar-refractivity contribution in [2.45, 2.75) is 13.5 Å². The third-order valence-corrected chi connectivity index (χ3v) is 3.01. The van der Waals surface area contributed by atoms with E-state index >= 15 is 0 Å². The topological polar surface area (TPSA) is 78.2 Å². The SMILES string of the molecule is Cc1ccc(C(=O)Cn2nc(-c3ccco3)oc2=O)cc1. The van der Waals surface area contributed by atoms with Gasteiger partial charge in [0.15, 0.2) is 11.5 Å². The summed E-state index contributed by atoms with van der Waals surface area (Å²) in [6.07, 6.45) is 1.45. The summed E-state index contributed by atoms with van der Waals surface area (Å²) in [5, 5.41) is 3.96. The number of Topliss-reactive ketones (excluding diaryl/α,β-unsaturated/α-hetero) is 1. The van der Waals surface area contributed by atoms with Crippen LogP contribution in [0.4, 0.5) is 0 Å². The second-order valence-electron chi connectivity index (χ2n) is 4.60. The van der Waals surface area contributed by atoms with Crippen LogP contribution in [0.15, 0.2) is 56.3 Å². The van der Waals surface area contributed by atoms with Crippen molar-refractivity contribution >= 4 is 5.78 Å². The van der Waals surface area contributed by atoms with Crippen molar-refractivity contribution in [1.29, 1.82) is 0 Å². The third kappa shape index (κ3) is 2.69.